The number of nitrogens with one attached hydrogen (secondary N) is 1. The van der Waals surface area contributed by atoms with Crippen molar-refractivity contribution in [1.29, 1.82) is 0 Å². The maximum absolute atomic E-state index is 11.1. The topological polar surface area (TPSA) is 81.5 Å². The molecule has 19 heavy (non-hydrogen) atoms. The van der Waals surface area contributed by atoms with Crippen LogP contribution in [0.3, 0.4) is 0 Å². The highest BCUT2D eigenvalue weighted by Crippen LogP contribution is 2.33. The SMILES string of the molecule is COC(=O)CSc1ccc(NC2CC2)cc1[N+](=O)[O-]. The van der Waals surface area contributed by atoms with Gasteiger partial charge in [0, 0.05) is 17.8 Å². The number of nitro benzene ring substituents is 1. The fraction of sp³-hybridized carbons (Fsp3) is 0.417. The predicted octanol–water partition coefficient (Wildman–Crippen LogP) is 2.43. The number of carbonyl (C=O) groups is 1. The van der Waals surface area contributed by atoms with Gasteiger partial charge in [0.05, 0.1) is 22.7 Å². The van der Waals surface area contributed by atoms with E-state index in [0.717, 1.165) is 30.3 Å². The standard InChI is InChI=1S/C12H14N2O4S/c1-18-12(15)7-19-11-5-4-9(13-8-2-3-8)6-10(11)14(16)17/h4-6,8,13H,2-3,7H2,1H3. The molecule has 1 saturated carbocycles. The lowest BCUT2D eigenvalue weighted by Gasteiger charge is -2.07. The first kappa shape index (κ1) is 13.7. The van der Waals surface area contributed by atoms with Gasteiger partial charge in [0.2, 0.25) is 0 Å². The Morgan fingerprint density at radius 2 is 2.32 bits per heavy atom. The van der Waals surface area contributed by atoms with Crippen LogP contribution in [-0.4, -0.2) is 29.8 Å². The molecule has 0 radical (unpaired) electrons. The number of thioether (sulfide) groups is 1. The number of ether oxygens (including phenoxy) is 1. The molecule has 1 N–H and O–H groups in total. The Bertz CT molecular complexity index is 503. The van der Waals surface area contributed by atoms with E-state index in [-0.39, 0.29) is 11.4 Å². The molecule has 1 fully saturated rings. The van der Waals surface area contributed by atoms with Crippen LogP contribution in [0.5, 0.6) is 0 Å². The van der Waals surface area contributed by atoms with E-state index in [4.69, 9.17) is 0 Å². The Morgan fingerprint density at radius 1 is 1.58 bits per heavy atom. The third-order valence-corrected chi connectivity index (χ3v) is 3.71. The van der Waals surface area contributed by atoms with Gasteiger partial charge >= 0.3 is 5.97 Å². The van der Waals surface area contributed by atoms with Gasteiger partial charge < -0.3 is 10.1 Å². The molecule has 1 aliphatic rings. The Balaban J connectivity index is 2.12. The number of benzene rings is 1. The second-order valence-corrected chi connectivity index (χ2v) is 5.24. The van der Waals surface area contributed by atoms with Crippen LogP contribution in [0.4, 0.5) is 11.4 Å². The van der Waals surface area contributed by atoms with Crippen molar-refractivity contribution in [2.24, 2.45) is 0 Å². The van der Waals surface area contributed by atoms with Crippen LogP contribution in [0.2, 0.25) is 0 Å². The van der Waals surface area contributed by atoms with Crippen LogP contribution in [-0.2, 0) is 9.53 Å². The number of rotatable bonds is 6. The summed E-state index contributed by atoms with van der Waals surface area (Å²) in [4.78, 5) is 22.1. The van der Waals surface area contributed by atoms with Gasteiger partial charge in [-0.2, -0.15) is 0 Å². The smallest absolute Gasteiger partial charge is 0.315 e. The van der Waals surface area contributed by atoms with Gasteiger partial charge in [0.1, 0.15) is 0 Å². The van der Waals surface area contributed by atoms with Gasteiger partial charge in [-0.1, -0.05) is 0 Å². The molecular weight excluding hydrogens is 268 g/mol. The third-order valence-electron chi connectivity index (χ3n) is 2.68. The minimum atomic E-state index is -0.433. The van der Waals surface area contributed by atoms with E-state index in [1.54, 1.807) is 12.1 Å². The zero-order valence-electron chi connectivity index (χ0n) is 10.4. The quantitative estimate of drug-likeness (QED) is 0.373. The minimum Gasteiger partial charge on any atom is -0.468 e. The molecule has 1 aromatic rings. The minimum absolute atomic E-state index is 0.0135. The van der Waals surface area contributed by atoms with Crippen molar-refractivity contribution in [2.45, 2.75) is 23.8 Å². The summed E-state index contributed by atoms with van der Waals surface area (Å²) in [6.45, 7) is 0. The second kappa shape index (κ2) is 5.92. The Kier molecular flexibility index (Phi) is 4.26. The molecule has 0 amide bonds. The van der Waals surface area contributed by atoms with Crippen molar-refractivity contribution < 1.29 is 14.5 Å². The first-order valence-corrected chi connectivity index (χ1v) is 6.83. The highest BCUT2D eigenvalue weighted by atomic mass is 32.2. The Hall–Kier alpha value is -1.76. The molecule has 1 aromatic carbocycles. The number of carbonyl (C=O) groups excluding carboxylic acids is 1. The summed E-state index contributed by atoms with van der Waals surface area (Å²) >= 11 is 1.11. The molecule has 0 unspecified atom stereocenters. The molecule has 1 aliphatic carbocycles. The summed E-state index contributed by atoms with van der Waals surface area (Å²) in [5.74, 6) is -0.341. The lowest BCUT2D eigenvalue weighted by atomic mass is 10.3. The van der Waals surface area contributed by atoms with Crippen molar-refractivity contribution >= 4 is 29.1 Å². The zero-order chi connectivity index (χ0) is 13.8. The van der Waals surface area contributed by atoms with E-state index >= 15 is 0 Å². The average Bonchev–Trinajstić information content (AvgIpc) is 3.20. The first-order valence-electron chi connectivity index (χ1n) is 5.84. The van der Waals surface area contributed by atoms with E-state index in [0.29, 0.717) is 10.9 Å². The largest absolute Gasteiger partial charge is 0.468 e. The van der Waals surface area contributed by atoms with Crippen LogP contribution < -0.4 is 5.32 Å². The molecule has 102 valence electrons. The fourth-order valence-corrected chi connectivity index (χ4v) is 2.37. The summed E-state index contributed by atoms with van der Waals surface area (Å²) in [6.07, 6.45) is 2.21. The molecule has 0 saturated heterocycles. The first-order chi connectivity index (χ1) is 9.10. The van der Waals surface area contributed by atoms with Gasteiger partial charge in [0.15, 0.2) is 0 Å². The molecule has 6 nitrogen and oxygen atoms in total. The molecule has 2 rings (SSSR count). The number of hydrogen-bond donors (Lipinski definition) is 1. The monoisotopic (exact) mass is 282 g/mol. The van der Waals surface area contributed by atoms with Gasteiger partial charge in [-0.15, -0.1) is 11.8 Å². The highest BCUT2D eigenvalue weighted by Gasteiger charge is 2.23. The average molecular weight is 282 g/mol. The summed E-state index contributed by atoms with van der Waals surface area (Å²) in [6, 6.07) is 5.41. The Morgan fingerprint density at radius 3 is 2.89 bits per heavy atom. The summed E-state index contributed by atoms with van der Waals surface area (Å²) in [5.41, 5.74) is 0.760. The highest BCUT2D eigenvalue weighted by molar-refractivity contribution is 8.00. The lowest BCUT2D eigenvalue weighted by Crippen LogP contribution is -2.04. The summed E-state index contributed by atoms with van der Waals surface area (Å²) < 4.78 is 4.51. The summed E-state index contributed by atoms with van der Waals surface area (Å²) in [7, 11) is 1.29. The zero-order valence-corrected chi connectivity index (χ0v) is 11.2. The van der Waals surface area contributed by atoms with Gasteiger partial charge in [-0.05, 0) is 25.0 Å². The van der Waals surface area contributed by atoms with E-state index in [1.807, 2.05) is 0 Å². The van der Waals surface area contributed by atoms with Gasteiger partial charge in [0.25, 0.3) is 5.69 Å². The maximum atomic E-state index is 11.1. The van der Waals surface area contributed by atoms with Crippen molar-refractivity contribution in [1.82, 2.24) is 0 Å². The molecule has 0 spiro atoms. The second-order valence-electron chi connectivity index (χ2n) is 4.22. The molecule has 0 aromatic heterocycles. The van der Waals surface area contributed by atoms with Crippen molar-refractivity contribution in [3.63, 3.8) is 0 Å². The normalized spacial score (nSPS) is 13.9. The third kappa shape index (κ3) is 3.85. The van der Waals surface area contributed by atoms with Gasteiger partial charge in [-0.25, -0.2) is 0 Å². The van der Waals surface area contributed by atoms with Crippen LogP contribution in [0.1, 0.15) is 12.8 Å². The maximum Gasteiger partial charge on any atom is 0.315 e. The van der Waals surface area contributed by atoms with Crippen molar-refractivity contribution in [3.05, 3.63) is 28.3 Å². The van der Waals surface area contributed by atoms with E-state index < -0.39 is 10.9 Å². The van der Waals surface area contributed by atoms with Crippen molar-refractivity contribution in [2.75, 3.05) is 18.2 Å². The molecule has 7 heteroatoms. The van der Waals surface area contributed by atoms with Crippen LogP contribution in [0.25, 0.3) is 0 Å². The molecular formula is C12H14N2O4S. The number of anilines is 1. The van der Waals surface area contributed by atoms with E-state index in [1.165, 1.54) is 13.2 Å². The molecule has 0 bridgehead atoms. The molecule has 0 heterocycles. The number of nitrogens with zero attached hydrogens (tertiary/aromatic N) is 1. The van der Waals surface area contributed by atoms with Crippen molar-refractivity contribution in [3.8, 4) is 0 Å². The number of hydrogen-bond acceptors (Lipinski definition) is 6. The summed E-state index contributed by atoms with van der Waals surface area (Å²) in [5, 5.41) is 14.2. The van der Waals surface area contributed by atoms with Gasteiger partial charge in [-0.3, -0.25) is 14.9 Å². The molecule has 0 aliphatic heterocycles. The van der Waals surface area contributed by atoms with E-state index in [2.05, 4.69) is 10.1 Å². The predicted molar refractivity (Wildman–Crippen MR) is 72.5 cm³/mol. The molecule has 0 atom stereocenters. The Labute approximate surface area is 114 Å². The number of esters is 1. The van der Waals surface area contributed by atoms with Crippen LogP contribution in [0.15, 0.2) is 23.1 Å². The number of methoxy groups -OCH3 is 1. The van der Waals surface area contributed by atoms with Crippen LogP contribution >= 0.6 is 11.8 Å². The fourth-order valence-electron chi connectivity index (χ4n) is 1.53. The van der Waals surface area contributed by atoms with Crippen LogP contribution in [0, 0.1) is 10.1 Å². The lowest BCUT2D eigenvalue weighted by molar-refractivity contribution is -0.387. The number of nitro groups is 1. The van der Waals surface area contributed by atoms with E-state index in [9.17, 15) is 14.9 Å².